The molecular formula is C18H23N5O6. The number of benzene rings is 1. The van der Waals surface area contributed by atoms with Gasteiger partial charge >= 0.3 is 0 Å². The first-order chi connectivity index (χ1) is 14.0. The molecule has 11 heteroatoms. The first-order valence-corrected chi connectivity index (χ1v) is 9.09. The van der Waals surface area contributed by atoms with E-state index in [0.717, 1.165) is 11.3 Å². The fourth-order valence-corrected chi connectivity index (χ4v) is 3.34. The minimum absolute atomic E-state index is 0.0535. The van der Waals surface area contributed by atoms with Crippen molar-refractivity contribution in [3.63, 3.8) is 0 Å². The molecule has 29 heavy (non-hydrogen) atoms. The Balaban J connectivity index is 1.45. The van der Waals surface area contributed by atoms with Gasteiger partial charge in [0, 0.05) is 0 Å². The summed E-state index contributed by atoms with van der Waals surface area (Å²) in [4.78, 5) is 9.94. The van der Waals surface area contributed by atoms with E-state index < -0.39 is 31.1 Å². The summed E-state index contributed by atoms with van der Waals surface area (Å²) in [5, 5.41) is 42.3. The van der Waals surface area contributed by atoms with Crippen LogP contribution in [0.15, 0.2) is 30.6 Å². The molecule has 1 aromatic heterocycles. The molecule has 1 aromatic carbocycles. The van der Waals surface area contributed by atoms with Crippen LogP contribution < -0.4 is 10.1 Å². The third kappa shape index (κ3) is 3.54. The van der Waals surface area contributed by atoms with E-state index in [1.54, 1.807) is 7.11 Å². The van der Waals surface area contributed by atoms with Gasteiger partial charge in [-0.15, -0.1) is 0 Å². The summed E-state index contributed by atoms with van der Waals surface area (Å²) in [6.07, 6.45) is -2.84. The smallest absolute Gasteiger partial charge is 0.176 e. The summed E-state index contributed by atoms with van der Waals surface area (Å²) in [6.45, 7) is 0.0310. The molecule has 2 aliphatic rings. The summed E-state index contributed by atoms with van der Waals surface area (Å²) in [6, 6.07) is 7.42. The zero-order valence-electron chi connectivity index (χ0n) is 15.7. The number of hydroxylamine groups is 2. The highest BCUT2D eigenvalue weighted by Gasteiger charge is 2.44. The normalized spacial score (nSPS) is 26.3. The highest BCUT2D eigenvalue weighted by atomic mass is 16.7. The third-order valence-electron chi connectivity index (χ3n) is 4.99. The van der Waals surface area contributed by atoms with Crippen molar-refractivity contribution in [2.45, 2.75) is 31.1 Å². The fourth-order valence-electron chi connectivity index (χ4n) is 3.34. The molecule has 4 atom stereocenters. The van der Waals surface area contributed by atoms with Gasteiger partial charge in [0.15, 0.2) is 12.1 Å². The van der Waals surface area contributed by atoms with E-state index in [9.17, 15) is 15.3 Å². The molecule has 1 fully saturated rings. The first-order valence-electron chi connectivity index (χ1n) is 9.09. The Morgan fingerprint density at radius 1 is 1.28 bits per heavy atom. The number of nitrogens with zero attached hydrogens (tertiary/aromatic N) is 3. The molecule has 0 radical (unpaired) electrons. The summed E-state index contributed by atoms with van der Waals surface area (Å²) < 4.78 is 12.2. The zero-order chi connectivity index (χ0) is 20.5. The van der Waals surface area contributed by atoms with Gasteiger partial charge in [0.2, 0.25) is 0 Å². The molecule has 0 amide bonds. The topological polar surface area (TPSA) is 145 Å². The molecule has 0 saturated carbocycles. The number of aliphatic hydroxyl groups excluding tert-OH is 3. The van der Waals surface area contributed by atoms with Gasteiger partial charge in [0.1, 0.15) is 48.8 Å². The Morgan fingerprint density at radius 2 is 2.03 bits per heavy atom. The minimum Gasteiger partial charge on any atom is -0.497 e. The Morgan fingerprint density at radius 3 is 2.69 bits per heavy atom. The van der Waals surface area contributed by atoms with Gasteiger partial charge in [0.05, 0.1) is 20.0 Å². The summed E-state index contributed by atoms with van der Waals surface area (Å²) in [7, 11) is 1.60. The number of methoxy groups -OCH3 is 1. The second-order valence-corrected chi connectivity index (χ2v) is 6.76. The molecule has 0 aliphatic carbocycles. The number of imidazole rings is 1. The van der Waals surface area contributed by atoms with E-state index in [4.69, 9.17) is 19.7 Å². The monoisotopic (exact) mass is 405 g/mol. The van der Waals surface area contributed by atoms with Crippen LogP contribution in [-0.2, 0) is 16.2 Å². The largest absolute Gasteiger partial charge is 0.497 e. The van der Waals surface area contributed by atoms with Crippen molar-refractivity contribution < 1.29 is 29.6 Å². The number of fused-ring (bicyclic) bond motifs is 1. The maximum Gasteiger partial charge on any atom is 0.176 e. The minimum atomic E-state index is -1.23. The van der Waals surface area contributed by atoms with Crippen LogP contribution in [0.3, 0.4) is 0 Å². The lowest BCUT2D eigenvalue weighted by molar-refractivity contribution is -0.108. The van der Waals surface area contributed by atoms with Crippen molar-refractivity contribution in [3.05, 3.63) is 41.9 Å². The molecule has 2 aliphatic heterocycles. The lowest BCUT2D eigenvalue weighted by atomic mass is 10.1. The van der Waals surface area contributed by atoms with E-state index in [-0.39, 0.29) is 19.1 Å². The maximum absolute atomic E-state index is 10.2. The van der Waals surface area contributed by atoms with Crippen LogP contribution >= 0.6 is 0 Å². The molecule has 4 rings (SSSR count). The van der Waals surface area contributed by atoms with Gasteiger partial charge in [-0.25, -0.2) is 10.0 Å². The highest BCUT2D eigenvalue weighted by molar-refractivity contribution is 5.99. The molecule has 0 unspecified atom stereocenters. The summed E-state index contributed by atoms with van der Waals surface area (Å²) in [5.74, 6) is 1.27. The van der Waals surface area contributed by atoms with Crippen molar-refractivity contribution in [2.24, 2.45) is 0 Å². The molecule has 11 nitrogen and oxygen atoms in total. The SMILES string of the molecule is COc1ccc(CON2CNc3c(ncn3[C@@H]3O[C@H](CO)[C@@H](O)[C@H]3O)C2=N)cc1. The van der Waals surface area contributed by atoms with Crippen LogP contribution in [0.5, 0.6) is 5.75 Å². The van der Waals surface area contributed by atoms with Crippen LogP contribution in [0.4, 0.5) is 5.82 Å². The van der Waals surface area contributed by atoms with Crippen LogP contribution in [-0.4, -0.2) is 74.5 Å². The number of hydrogen-bond acceptors (Lipinski definition) is 9. The number of amidine groups is 1. The van der Waals surface area contributed by atoms with E-state index in [1.165, 1.54) is 16.0 Å². The maximum atomic E-state index is 10.2. The van der Waals surface area contributed by atoms with E-state index in [2.05, 4.69) is 10.3 Å². The van der Waals surface area contributed by atoms with Crippen LogP contribution in [0.25, 0.3) is 0 Å². The van der Waals surface area contributed by atoms with Gasteiger partial charge in [-0.3, -0.25) is 14.8 Å². The van der Waals surface area contributed by atoms with E-state index in [1.807, 2.05) is 24.3 Å². The van der Waals surface area contributed by atoms with Crippen molar-refractivity contribution in [1.29, 1.82) is 5.41 Å². The number of aromatic nitrogens is 2. The molecule has 2 aromatic rings. The molecule has 156 valence electrons. The predicted molar refractivity (Wildman–Crippen MR) is 100 cm³/mol. The molecule has 1 saturated heterocycles. The number of aliphatic hydroxyl groups is 3. The third-order valence-corrected chi connectivity index (χ3v) is 4.99. The van der Waals surface area contributed by atoms with E-state index >= 15 is 0 Å². The lowest BCUT2D eigenvalue weighted by Gasteiger charge is -2.30. The average molecular weight is 405 g/mol. The predicted octanol–water partition coefficient (Wildman–Crippen LogP) is -0.355. The highest BCUT2D eigenvalue weighted by Crippen LogP contribution is 2.34. The Hall–Kier alpha value is -2.70. The Bertz CT molecular complexity index is 872. The molecule has 3 heterocycles. The number of anilines is 1. The van der Waals surface area contributed by atoms with E-state index in [0.29, 0.717) is 11.5 Å². The number of nitrogens with one attached hydrogen (secondary N) is 2. The zero-order valence-corrected chi connectivity index (χ0v) is 15.7. The van der Waals surface area contributed by atoms with Crippen molar-refractivity contribution in [3.8, 4) is 5.75 Å². The lowest BCUT2D eigenvalue weighted by Crippen LogP contribution is -2.41. The van der Waals surface area contributed by atoms with Gasteiger partial charge in [-0.1, -0.05) is 12.1 Å². The number of ether oxygens (including phenoxy) is 2. The molecule has 0 spiro atoms. The quantitative estimate of drug-likeness (QED) is 0.435. The first kappa shape index (κ1) is 19.6. The fraction of sp³-hybridized carbons (Fsp3) is 0.444. The summed E-state index contributed by atoms with van der Waals surface area (Å²) >= 11 is 0. The Labute approximate surface area is 166 Å². The van der Waals surface area contributed by atoms with Gasteiger partial charge in [-0.05, 0) is 17.7 Å². The molecular weight excluding hydrogens is 382 g/mol. The van der Waals surface area contributed by atoms with Crippen molar-refractivity contribution >= 4 is 11.7 Å². The van der Waals surface area contributed by atoms with Gasteiger partial charge in [-0.2, -0.15) is 0 Å². The van der Waals surface area contributed by atoms with Crippen molar-refractivity contribution in [2.75, 3.05) is 25.7 Å². The standard InChI is InChI=1S/C18H23N5O6/c1-27-11-4-2-10(3-5-11)7-28-23-9-21-17-13(16(23)19)20-8-22(17)18-15(26)14(25)12(6-24)29-18/h2-5,8,12,14-15,18-19,21,24-26H,6-7,9H2,1H3/t12-,14-,15-,18-/m1/s1. The molecule has 0 bridgehead atoms. The summed E-state index contributed by atoms with van der Waals surface area (Å²) in [5.41, 5.74) is 1.24. The number of hydrogen-bond donors (Lipinski definition) is 5. The van der Waals surface area contributed by atoms with Crippen LogP contribution in [0.1, 0.15) is 17.5 Å². The number of rotatable bonds is 6. The van der Waals surface area contributed by atoms with Crippen LogP contribution in [0.2, 0.25) is 0 Å². The van der Waals surface area contributed by atoms with Crippen LogP contribution in [0, 0.1) is 5.41 Å². The average Bonchev–Trinajstić information content (AvgIpc) is 3.29. The van der Waals surface area contributed by atoms with Crippen molar-refractivity contribution in [1.82, 2.24) is 14.6 Å². The van der Waals surface area contributed by atoms with Gasteiger partial charge < -0.3 is 30.1 Å². The second kappa shape index (κ2) is 7.97. The second-order valence-electron chi connectivity index (χ2n) is 6.76. The Kier molecular flexibility index (Phi) is 5.39. The van der Waals surface area contributed by atoms with Gasteiger partial charge in [0.25, 0.3) is 0 Å². The molecule has 5 N–H and O–H groups in total.